The number of halogens is 1. The van der Waals surface area contributed by atoms with Crippen LogP contribution in [0.3, 0.4) is 0 Å². The van der Waals surface area contributed by atoms with Gasteiger partial charge in [0, 0.05) is 22.9 Å². The highest BCUT2D eigenvalue weighted by Gasteiger charge is 2.34. The maximum Gasteiger partial charge on any atom is 0.293 e. The van der Waals surface area contributed by atoms with Crippen molar-refractivity contribution in [3.63, 3.8) is 0 Å². The zero-order chi connectivity index (χ0) is 20.4. The second-order valence-electron chi connectivity index (χ2n) is 6.26. The van der Waals surface area contributed by atoms with Crippen molar-refractivity contribution in [3.8, 4) is 0 Å². The minimum atomic E-state index is -0.362. The molecule has 4 rings (SSSR count). The molecule has 2 N–H and O–H groups in total. The number of hydrogen-bond donors (Lipinski definition) is 2. The molecule has 0 atom stereocenters. The molecule has 7 nitrogen and oxygen atoms in total. The number of nitrogens with zero attached hydrogens (tertiary/aromatic N) is 2. The Morgan fingerprint density at radius 1 is 1.21 bits per heavy atom. The predicted molar refractivity (Wildman–Crippen MR) is 115 cm³/mol. The zero-order valence-corrected chi connectivity index (χ0v) is 17.4. The minimum Gasteiger partial charge on any atom is -0.349 e. The topological polar surface area (TPSA) is 95.2 Å². The number of thioether (sulfide) groups is 1. The summed E-state index contributed by atoms with van der Waals surface area (Å²) in [6, 6.07) is 14.8. The highest BCUT2D eigenvalue weighted by atomic mass is 79.9. The molecule has 0 aliphatic carbocycles. The van der Waals surface area contributed by atoms with Gasteiger partial charge in [0.2, 0.25) is 0 Å². The van der Waals surface area contributed by atoms with Gasteiger partial charge in [0.1, 0.15) is 0 Å². The van der Waals surface area contributed by atoms with Crippen molar-refractivity contribution in [3.05, 3.63) is 69.2 Å². The van der Waals surface area contributed by atoms with Gasteiger partial charge in [0.25, 0.3) is 17.1 Å². The van der Waals surface area contributed by atoms with Crippen molar-refractivity contribution < 1.29 is 14.4 Å². The summed E-state index contributed by atoms with van der Waals surface area (Å²) in [6.45, 7) is 0.233. The van der Waals surface area contributed by atoms with Crippen molar-refractivity contribution in [2.75, 3.05) is 13.1 Å². The number of rotatable bonds is 5. The number of para-hydroxylation sites is 1. The molecule has 0 saturated carbocycles. The van der Waals surface area contributed by atoms with E-state index in [0.717, 1.165) is 32.2 Å². The van der Waals surface area contributed by atoms with E-state index in [1.165, 1.54) is 0 Å². The van der Waals surface area contributed by atoms with Crippen LogP contribution in [-0.2, 0) is 4.79 Å². The zero-order valence-electron chi connectivity index (χ0n) is 15.0. The number of carbonyl (C=O) groups excluding carboxylic acids is 3. The van der Waals surface area contributed by atoms with E-state index in [1.807, 2.05) is 42.5 Å². The number of amides is 3. The highest BCUT2D eigenvalue weighted by Crippen LogP contribution is 2.32. The Hall–Kier alpha value is -2.91. The van der Waals surface area contributed by atoms with E-state index in [-0.39, 0.29) is 35.8 Å². The first-order chi connectivity index (χ1) is 14.0. The van der Waals surface area contributed by atoms with Gasteiger partial charge in [-0.3, -0.25) is 24.4 Å². The van der Waals surface area contributed by atoms with Gasteiger partial charge in [-0.05, 0) is 41.6 Å². The summed E-state index contributed by atoms with van der Waals surface area (Å²) in [5, 5.41) is 9.92. The number of benzene rings is 2. The summed E-state index contributed by atoms with van der Waals surface area (Å²) in [5.74, 6) is -0.724. The molecule has 2 heterocycles. The quantitative estimate of drug-likeness (QED) is 0.553. The fourth-order valence-corrected chi connectivity index (χ4v) is 4.22. The van der Waals surface area contributed by atoms with Crippen LogP contribution in [0.25, 0.3) is 17.0 Å². The highest BCUT2D eigenvalue weighted by molar-refractivity contribution is 9.10. The van der Waals surface area contributed by atoms with Crippen molar-refractivity contribution in [2.45, 2.75) is 0 Å². The van der Waals surface area contributed by atoms with Crippen molar-refractivity contribution in [1.82, 2.24) is 20.4 Å². The van der Waals surface area contributed by atoms with Crippen LogP contribution in [0, 0.1) is 0 Å². The molecule has 1 aromatic heterocycles. The lowest BCUT2D eigenvalue weighted by Gasteiger charge is -2.12. The van der Waals surface area contributed by atoms with Gasteiger partial charge in [0.05, 0.1) is 10.4 Å². The molecule has 9 heteroatoms. The summed E-state index contributed by atoms with van der Waals surface area (Å²) in [7, 11) is 0. The van der Waals surface area contributed by atoms with E-state index in [4.69, 9.17) is 0 Å². The standard InChI is InChI=1S/C20H15BrN4O3S/c21-13-5-3-4-12(10-13)11-16-19(27)25(20(28)29-16)9-8-22-18(26)17-14-6-1-2-7-15(14)23-24-17/h1-7,10-11H,8-9H2,(H,22,26)(H,23,24). The average Bonchev–Trinajstić information content (AvgIpc) is 3.24. The van der Waals surface area contributed by atoms with Crippen LogP contribution in [-0.4, -0.2) is 45.2 Å². The monoisotopic (exact) mass is 470 g/mol. The maximum atomic E-state index is 12.6. The van der Waals surface area contributed by atoms with Crippen molar-refractivity contribution >= 4 is 61.7 Å². The van der Waals surface area contributed by atoms with Gasteiger partial charge in [-0.15, -0.1) is 0 Å². The number of aromatic nitrogens is 2. The third-order valence-corrected chi connectivity index (χ3v) is 5.73. The summed E-state index contributed by atoms with van der Waals surface area (Å²) < 4.78 is 0.888. The normalized spacial score (nSPS) is 15.5. The molecule has 29 heavy (non-hydrogen) atoms. The van der Waals surface area contributed by atoms with Crippen LogP contribution in [0.1, 0.15) is 16.1 Å². The third kappa shape index (κ3) is 4.10. The number of aromatic amines is 1. The average molecular weight is 471 g/mol. The molecule has 0 radical (unpaired) electrons. The first kappa shape index (κ1) is 19.4. The first-order valence-corrected chi connectivity index (χ1v) is 10.4. The number of imide groups is 1. The molecular weight excluding hydrogens is 456 g/mol. The SMILES string of the molecule is O=C(NCCN1C(=O)SC(=Cc2cccc(Br)c2)C1=O)c1n[nH]c2ccccc12. The molecule has 1 aliphatic heterocycles. The third-order valence-electron chi connectivity index (χ3n) is 4.33. The van der Waals surface area contributed by atoms with Crippen molar-refractivity contribution in [1.29, 1.82) is 0 Å². The summed E-state index contributed by atoms with van der Waals surface area (Å²) in [5.41, 5.74) is 1.87. The predicted octanol–water partition coefficient (Wildman–Crippen LogP) is 3.79. The van der Waals surface area contributed by atoms with E-state index in [1.54, 1.807) is 12.1 Å². The summed E-state index contributed by atoms with van der Waals surface area (Å²) in [6.07, 6.45) is 1.68. The second-order valence-corrected chi connectivity index (χ2v) is 8.17. The molecular formula is C20H15BrN4O3S. The van der Waals surface area contributed by atoms with Crippen molar-refractivity contribution in [2.24, 2.45) is 0 Å². The van der Waals surface area contributed by atoms with Crippen LogP contribution in [0.2, 0.25) is 0 Å². The Labute approximate surface area is 178 Å². The Morgan fingerprint density at radius 3 is 2.86 bits per heavy atom. The molecule has 1 fully saturated rings. The van der Waals surface area contributed by atoms with E-state index in [9.17, 15) is 14.4 Å². The van der Waals surface area contributed by atoms with Crippen LogP contribution in [0.4, 0.5) is 4.79 Å². The van der Waals surface area contributed by atoms with Gasteiger partial charge in [-0.25, -0.2) is 0 Å². The minimum absolute atomic E-state index is 0.0919. The maximum absolute atomic E-state index is 12.6. The van der Waals surface area contributed by atoms with Crippen LogP contribution in [0.15, 0.2) is 57.9 Å². The number of nitrogens with one attached hydrogen (secondary N) is 2. The number of carbonyl (C=O) groups is 3. The summed E-state index contributed by atoms with van der Waals surface area (Å²) in [4.78, 5) is 38.7. The van der Waals surface area contributed by atoms with E-state index >= 15 is 0 Å². The molecule has 1 saturated heterocycles. The lowest BCUT2D eigenvalue weighted by atomic mass is 10.2. The van der Waals surface area contributed by atoms with Crippen LogP contribution in [0.5, 0.6) is 0 Å². The fraction of sp³-hybridized carbons (Fsp3) is 0.100. The lowest BCUT2D eigenvalue weighted by molar-refractivity contribution is -0.122. The Bertz CT molecular complexity index is 1160. The first-order valence-electron chi connectivity index (χ1n) is 8.75. The van der Waals surface area contributed by atoms with Crippen LogP contribution < -0.4 is 5.32 Å². The van der Waals surface area contributed by atoms with E-state index in [0.29, 0.717) is 10.3 Å². The van der Waals surface area contributed by atoms with Gasteiger partial charge in [-0.2, -0.15) is 5.10 Å². The fourth-order valence-electron chi connectivity index (χ4n) is 2.94. The largest absolute Gasteiger partial charge is 0.349 e. The van der Waals surface area contributed by atoms with Gasteiger partial charge >= 0.3 is 0 Å². The smallest absolute Gasteiger partial charge is 0.293 e. The molecule has 1 aliphatic rings. The molecule has 0 spiro atoms. The van der Waals surface area contributed by atoms with Gasteiger partial charge in [0.15, 0.2) is 5.69 Å². The van der Waals surface area contributed by atoms with Gasteiger partial charge < -0.3 is 5.32 Å². The molecule has 0 bridgehead atoms. The van der Waals surface area contributed by atoms with E-state index in [2.05, 4.69) is 31.4 Å². The molecule has 3 amide bonds. The number of fused-ring (bicyclic) bond motifs is 1. The van der Waals surface area contributed by atoms with Crippen LogP contribution >= 0.6 is 27.7 Å². The molecule has 146 valence electrons. The van der Waals surface area contributed by atoms with E-state index < -0.39 is 0 Å². The molecule has 2 aromatic carbocycles. The summed E-state index contributed by atoms with van der Waals surface area (Å²) >= 11 is 4.28. The lowest BCUT2D eigenvalue weighted by Crippen LogP contribution is -2.37. The Kier molecular flexibility index (Phi) is 5.50. The Morgan fingerprint density at radius 2 is 2.03 bits per heavy atom. The number of hydrogen-bond acceptors (Lipinski definition) is 5. The molecule has 3 aromatic rings. The Balaban J connectivity index is 1.39. The van der Waals surface area contributed by atoms with Gasteiger partial charge in [-0.1, -0.05) is 46.3 Å². The molecule has 0 unspecified atom stereocenters. The number of H-pyrrole nitrogens is 1. The second kappa shape index (κ2) is 8.22.